The fourth-order valence-corrected chi connectivity index (χ4v) is 4.60. The van der Waals surface area contributed by atoms with Crippen molar-refractivity contribution in [2.24, 2.45) is 17.4 Å². The van der Waals surface area contributed by atoms with Crippen molar-refractivity contribution >= 4 is 28.3 Å². The van der Waals surface area contributed by atoms with Gasteiger partial charge >= 0.3 is 0 Å². The maximum absolute atomic E-state index is 12.3. The second kappa shape index (κ2) is 9.65. The first-order valence-electron chi connectivity index (χ1n) is 10.3. The Labute approximate surface area is 183 Å². The third-order valence-corrected chi connectivity index (χ3v) is 6.19. The summed E-state index contributed by atoms with van der Waals surface area (Å²) in [5.74, 6) is -0.0122. The van der Waals surface area contributed by atoms with Gasteiger partial charge in [0.25, 0.3) is 0 Å². The molecule has 0 fully saturated rings. The lowest BCUT2D eigenvalue weighted by Gasteiger charge is -2.27. The van der Waals surface area contributed by atoms with Crippen LogP contribution in [0, 0.1) is 5.92 Å². The summed E-state index contributed by atoms with van der Waals surface area (Å²) < 4.78 is 2.36. The summed E-state index contributed by atoms with van der Waals surface area (Å²) in [6, 6.07) is 6.07. The molecule has 3 rings (SSSR count). The van der Waals surface area contributed by atoms with Crippen molar-refractivity contribution in [3.05, 3.63) is 70.6 Å². The number of fused-ring (bicyclic) bond motifs is 3. The Bertz CT molecular complexity index is 1020. The molecular formula is C24H31ClN4O. The molecule has 2 heterocycles. The molecule has 0 radical (unpaired) electrons. The maximum atomic E-state index is 12.3. The summed E-state index contributed by atoms with van der Waals surface area (Å²) in [5, 5.41) is 1.92. The Morgan fingerprint density at radius 2 is 2.17 bits per heavy atom. The van der Waals surface area contributed by atoms with Gasteiger partial charge in [0.1, 0.15) is 5.78 Å². The van der Waals surface area contributed by atoms with Gasteiger partial charge in [0.05, 0.1) is 6.54 Å². The molecule has 1 aliphatic rings. The number of Topliss-reactive ketones (excluding diaryl/α,β-unsaturated/α-hetero) is 1. The van der Waals surface area contributed by atoms with Gasteiger partial charge in [-0.3, -0.25) is 4.79 Å². The van der Waals surface area contributed by atoms with Crippen LogP contribution in [0.4, 0.5) is 0 Å². The molecule has 0 saturated heterocycles. The average Bonchev–Trinajstić information content (AvgIpc) is 3.02. The summed E-state index contributed by atoms with van der Waals surface area (Å²) in [7, 11) is 2.14. The number of likely N-dealkylation sites (N-methyl/N-ethyl adjacent to an activating group) is 1. The number of carbonyl (C=O) groups excluding carboxylic acids is 1. The van der Waals surface area contributed by atoms with E-state index in [4.69, 9.17) is 23.1 Å². The van der Waals surface area contributed by atoms with Crippen molar-refractivity contribution < 1.29 is 4.79 Å². The minimum Gasteiger partial charge on any atom is -0.404 e. The molecule has 1 unspecified atom stereocenters. The second-order valence-electron chi connectivity index (χ2n) is 8.04. The molecule has 30 heavy (non-hydrogen) atoms. The zero-order chi connectivity index (χ0) is 21.8. The van der Waals surface area contributed by atoms with E-state index in [1.807, 2.05) is 19.1 Å². The van der Waals surface area contributed by atoms with Crippen LogP contribution >= 0.6 is 11.6 Å². The van der Waals surface area contributed by atoms with Gasteiger partial charge in [-0.25, -0.2) is 0 Å². The normalized spacial score (nSPS) is 16.5. The zero-order valence-electron chi connectivity index (χ0n) is 17.8. The van der Waals surface area contributed by atoms with Crippen LogP contribution in [-0.2, 0) is 24.3 Å². The summed E-state index contributed by atoms with van der Waals surface area (Å²) in [5.41, 5.74) is 17.3. The Kier molecular flexibility index (Phi) is 7.19. The highest BCUT2D eigenvalue weighted by Gasteiger charge is 2.26. The van der Waals surface area contributed by atoms with E-state index in [2.05, 4.69) is 35.2 Å². The van der Waals surface area contributed by atoms with Gasteiger partial charge in [-0.1, -0.05) is 30.3 Å². The molecule has 0 saturated carbocycles. The number of halogens is 1. The molecule has 1 aliphatic heterocycles. The Hall–Kier alpha value is -2.34. The quantitative estimate of drug-likeness (QED) is 0.629. The molecule has 1 aromatic heterocycles. The van der Waals surface area contributed by atoms with Gasteiger partial charge in [-0.2, -0.15) is 0 Å². The lowest BCUT2D eigenvalue weighted by atomic mass is 9.88. The SMILES string of the molecule is C=C/C=C(\C(C)=C/N)C(CC(=O)CN)Cn1c2c(c3cc(Cl)ccc31)CN(C)CC2. The highest BCUT2D eigenvalue weighted by atomic mass is 35.5. The van der Waals surface area contributed by atoms with Crippen molar-refractivity contribution in [1.82, 2.24) is 9.47 Å². The summed E-state index contributed by atoms with van der Waals surface area (Å²) in [6.45, 7) is 8.42. The molecule has 4 N–H and O–H groups in total. The minimum absolute atomic E-state index is 0.0351. The van der Waals surface area contributed by atoms with Gasteiger partial charge < -0.3 is 20.9 Å². The Morgan fingerprint density at radius 3 is 2.83 bits per heavy atom. The fraction of sp³-hybridized carbons (Fsp3) is 0.375. The first-order valence-corrected chi connectivity index (χ1v) is 10.7. The largest absolute Gasteiger partial charge is 0.404 e. The lowest BCUT2D eigenvalue weighted by Crippen LogP contribution is -2.28. The summed E-state index contributed by atoms with van der Waals surface area (Å²) in [4.78, 5) is 14.7. The minimum atomic E-state index is -0.0473. The van der Waals surface area contributed by atoms with E-state index in [0.29, 0.717) is 13.0 Å². The van der Waals surface area contributed by atoms with Gasteiger partial charge in [0.15, 0.2) is 0 Å². The number of carbonyl (C=O) groups is 1. The molecular weight excluding hydrogens is 396 g/mol. The second-order valence-corrected chi connectivity index (χ2v) is 8.47. The maximum Gasteiger partial charge on any atom is 0.147 e. The smallest absolute Gasteiger partial charge is 0.147 e. The Morgan fingerprint density at radius 1 is 1.40 bits per heavy atom. The monoisotopic (exact) mass is 426 g/mol. The Balaban J connectivity index is 2.13. The van der Waals surface area contributed by atoms with Crippen molar-refractivity contribution in [1.29, 1.82) is 0 Å². The van der Waals surface area contributed by atoms with Crippen molar-refractivity contribution in [3.8, 4) is 0 Å². The van der Waals surface area contributed by atoms with Crippen LogP contribution < -0.4 is 11.5 Å². The number of hydrogen-bond acceptors (Lipinski definition) is 4. The van der Waals surface area contributed by atoms with E-state index in [9.17, 15) is 4.79 Å². The van der Waals surface area contributed by atoms with E-state index in [-0.39, 0.29) is 18.2 Å². The van der Waals surface area contributed by atoms with Gasteiger partial charge in [0.2, 0.25) is 0 Å². The third-order valence-electron chi connectivity index (χ3n) is 5.95. The predicted octanol–water partition coefficient (Wildman–Crippen LogP) is 3.79. The molecule has 0 spiro atoms. The van der Waals surface area contributed by atoms with Crippen LogP contribution in [0.2, 0.25) is 5.02 Å². The molecule has 0 amide bonds. The highest BCUT2D eigenvalue weighted by molar-refractivity contribution is 6.31. The fourth-order valence-electron chi connectivity index (χ4n) is 4.43. The van der Waals surface area contributed by atoms with Crippen molar-refractivity contribution in [3.63, 3.8) is 0 Å². The number of hydrogen-bond donors (Lipinski definition) is 2. The van der Waals surface area contributed by atoms with E-state index in [1.54, 1.807) is 12.3 Å². The summed E-state index contributed by atoms with van der Waals surface area (Å²) in [6.07, 6.45) is 6.62. The van der Waals surface area contributed by atoms with Gasteiger partial charge in [-0.05, 0) is 55.1 Å². The van der Waals surface area contributed by atoms with Crippen LogP contribution in [0.3, 0.4) is 0 Å². The first-order chi connectivity index (χ1) is 14.4. The number of aromatic nitrogens is 1. The molecule has 1 aromatic carbocycles. The van der Waals surface area contributed by atoms with Crippen LogP contribution in [0.5, 0.6) is 0 Å². The molecule has 0 aliphatic carbocycles. The van der Waals surface area contributed by atoms with E-state index < -0.39 is 0 Å². The molecule has 5 nitrogen and oxygen atoms in total. The van der Waals surface area contributed by atoms with Crippen LogP contribution in [0.15, 0.2) is 54.3 Å². The number of rotatable bonds is 8. The van der Waals surface area contributed by atoms with Crippen molar-refractivity contribution in [2.45, 2.75) is 32.9 Å². The lowest BCUT2D eigenvalue weighted by molar-refractivity contribution is -0.118. The molecule has 2 aromatic rings. The zero-order valence-corrected chi connectivity index (χ0v) is 18.6. The number of nitrogens with two attached hydrogens (primary N) is 2. The van der Waals surface area contributed by atoms with Crippen molar-refractivity contribution in [2.75, 3.05) is 20.1 Å². The standard InChI is InChI=1S/C24H31ClN4O/c1-4-5-20(16(2)12-26)17(10-19(30)13-27)14-29-23-7-6-18(25)11-21(23)22-15-28(3)9-8-24(22)29/h4-7,11-12,17H,1,8-10,13-15,26-27H2,2-3H3/b16-12-,20-5+. The van der Waals surface area contributed by atoms with Gasteiger partial charge in [-0.15, -0.1) is 0 Å². The molecule has 1 atom stereocenters. The van der Waals surface area contributed by atoms with E-state index >= 15 is 0 Å². The average molecular weight is 427 g/mol. The number of benzene rings is 1. The number of ketones is 1. The number of allylic oxidation sites excluding steroid dienone is 4. The third kappa shape index (κ3) is 4.53. The topological polar surface area (TPSA) is 77.3 Å². The molecule has 6 heteroatoms. The first kappa shape index (κ1) is 22.3. The van der Waals surface area contributed by atoms with Crippen LogP contribution in [-0.4, -0.2) is 35.4 Å². The highest BCUT2D eigenvalue weighted by Crippen LogP contribution is 2.35. The van der Waals surface area contributed by atoms with Crippen LogP contribution in [0.25, 0.3) is 10.9 Å². The van der Waals surface area contributed by atoms with Crippen LogP contribution in [0.1, 0.15) is 24.6 Å². The molecule has 160 valence electrons. The van der Waals surface area contributed by atoms with E-state index in [1.165, 1.54) is 16.6 Å². The van der Waals surface area contributed by atoms with E-state index in [0.717, 1.165) is 41.2 Å². The predicted molar refractivity (Wildman–Crippen MR) is 125 cm³/mol. The molecule has 0 bridgehead atoms. The summed E-state index contributed by atoms with van der Waals surface area (Å²) >= 11 is 6.33. The van der Waals surface area contributed by atoms with Gasteiger partial charge in [0, 0.05) is 60.0 Å². The number of nitrogens with zero attached hydrogens (tertiary/aromatic N) is 2.